The zero-order valence-corrected chi connectivity index (χ0v) is 19.5. The van der Waals surface area contributed by atoms with Crippen molar-refractivity contribution in [3.05, 3.63) is 92.1 Å². The van der Waals surface area contributed by atoms with E-state index in [1.54, 1.807) is 30.3 Å². The number of nitrogens with zero attached hydrogens (tertiary/aromatic N) is 4. The van der Waals surface area contributed by atoms with Crippen LogP contribution < -0.4 is 21.4 Å². The van der Waals surface area contributed by atoms with Crippen LogP contribution in [0.4, 0.5) is 5.95 Å². The number of allylic oxidation sites excluding steroid dienone is 1. The van der Waals surface area contributed by atoms with Gasteiger partial charge in [0.15, 0.2) is 11.2 Å². The summed E-state index contributed by atoms with van der Waals surface area (Å²) in [6.45, 7) is -0.0867. The van der Waals surface area contributed by atoms with Gasteiger partial charge in [-0.25, -0.2) is 10.2 Å². The maximum Gasteiger partial charge on any atom is 0.329 e. The Labute approximate surface area is 204 Å². The third-order valence-corrected chi connectivity index (χ3v) is 5.32. The summed E-state index contributed by atoms with van der Waals surface area (Å²) in [5, 5.41) is 15.3. The molecular formula is C24H23ClN6O4. The summed E-state index contributed by atoms with van der Waals surface area (Å²) >= 11 is 5.88. The van der Waals surface area contributed by atoms with E-state index in [0.717, 1.165) is 5.56 Å². The Kier molecular flexibility index (Phi) is 7.44. The number of aliphatic hydroxyl groups excluding tert-OH is 1. The molecule has 11 heteroatoms. The normalized spacial score (nSPS) is 12.5. The molecule has 180 valence electrons. The SMILES string of the molecule is Cn1c(=O)[nH]c(=O)c2c1nc(NN=CC=Cc1ccccc1)n2CC(O)COc1ccc(Cl)cc1. The number of hydrazone groups is 1. The zero-order valence-electron chi connectivity index (χ0n) is 18.8. The lowest BCUT2D eigenvalue weighted by molar-refractivity contribution is 0.0938. The third kappa shape index (κ3) is 5.86. The smallest absolute Gasteiger partial charge is 0.329 e. The van der Waals surface area contributed by atoms with Crippen molar-refractivity contribution in [1.29, 1.82) is 0 Å². The minimum absolute atomic E-state index is 0.0386. The van der Waals surface area contributed by atoms with Crippen molar-refractivity contribution in [3.8, 4) is 5.75 Å². The number of hydrogen-bond acceptors (Lipinski definition) is 7. The molecule has 2 aromatic carbocycles. The van der Waals surface area contributed by atoms with Crippen LogP contribution in [0.3, 0.4) is 0 Å². The molecule has 0 radical (unpaired) electrons. The summed E-state index contributed by atoms with van der Waals surface area (Å²) in [4.78, 5) is 31.2. The standard InChI is InChI=1S/C24H23ClN6O4/c1-30-21-20(22(33)28-24(30)34)31(14-18(32)15-35-19-11-9-17(25)10-12-19)23(27-21)29-26-13-5-8-16-6-3-2-4-7-16/h2-13,18,32H,14-15H2,1H3,(H,27,29)(H,28,33,34). The van der Waals surface area contributed by atoms with Crippen LogP contribution in [0, 0.1) is 0 Å². The van der Waals surface area contributed by atoms with E-state index in [2.05, 4.69) is 20.5 Å². The number of fused-ring (bicyclic) bond motifs is 1. The Morgan fingerprint density at radius 1 is 1.20 bits per heavy atom. The van der Waals surface area contributed by atoms with Crippen molar-refractivity contribution in [3.63, 3.8) is 0 Å². The lowest BCUT2D eigenvalue weighted by Gasteiger charge is -2.15. The molecule has 0 aliphatic carbocycles. The Balaban J connectivity index is 1.55. The van der Waals surface area contributed by atoms with E-state index in [1.807, 2.05) is 36.4 Å². The molecule has 0 amide bonds. The summed E-state index contributed by atoms with van der Waals surface area (Å²) in [5.74, 6) is 0.721. The van der Waals surface area contributed by atoms with Gasteiger partial charge in [0.2, 0.25) is 5.95 Å². The van der Waals surface area contributed by atoms with Gasteiger partial charge >= 0.3 is 5.69 Å². The summed E-state index contributed by atoms with van der Waals surface area (Å²) in [6.07, 6.45) is 4.15. The average molecular weight is 495 g/mol. The number of ether oxygens (including phenoxy) is 1. The molecule has 2 aromatic heterocycles. The highest BCUT2D eigenvalue weighted by atomic mass is 35.5. The fourth-order valence-corrected chi connectivity index (χ4v) is 3.47. The lowest BCUT2D eigenvalue weighted by atomic mass is 10.2. The van der Waals surface area contributed by atoms with Crippen LogP contribution in [-0.4, -0.2) is 43.1 Å². The summed E-state index contributed by atoms with van der Waals surface area (Å²) in [7, 11) is 1.49. The van der Waals surface area contributed by atoms with Crippen molar-refractivity contribution in [2.75, 3.05) is 12.0 Å². The Bertz CT molecular complexity index is 1470. The molecule has 0 saturated heterocycles. The summed E-state index contributed by atoms with van der Waals surface area (Å²) in [5.41, 5.74) is 2.85. The second kappa shape index (κ2) is 10.9. The number of H-pyrrole nitrogens is 1. The highest BCUT2D eigenvalue weighted by Crippen LogP contribution is 2.18. The number of halogens is 1. The molecule has 0 spiro atoms. The second-order valence-electron chi connectivity index (χ2n) is 7.62. The first-order valence-corrected chi connectivity index (χ1v) is 11.1. The predicted molar refractivity (Wildman–Crippen MR) is 136 cm³/mol. The van der Waals surface area contributed by atoms with Crippen molar-refractivity contribution in [2.24, 2.45) is 12.1 Å². The van der Waals surface area contributed by atoms with Gasteiger partial charge in [0.25, 0.3) is 5.56 Å². The fraction of sp³-hybridized carbons (Fsp3) is 0.167. The molecule has 0 aliphatic heterocycles. The van der Waals surface area contributed by atoms with Gasteiger partial charge in [0, 0.05) is 18.3 Å². The van der Waals surface area contributed by atoms with Gasteiger partial charge in [-0.05, 0) is 35.9 Å². The van der Waals surface area contributed by atoms with Crippen LogP contribution in [0.1, 0.15) is 5.56 Å². The number of hydrogen-bond donors (Lipinski definition) is 3. The van der Waals surface area contributed by atoms with Crippen molar-refractivity contribution >= 4 is 41.0 Å². The summed E-state index contributed by atoms with van der Waals surface area (Å²) < 4.78 is 8.29. The van der Waals surface area contributed by atoms with E-state index < -0.39 is 17.4 Å². The zero-order chi connectivity index (χ0) is 24.8. The largest absolute Gasteiger partial charge is 0.491 e. The Morgan fingerprint density at radius 2 is 1.94 bits per heavy atom. The number of anilines is 1. The van der Waals surface area contributed by atoms with Gasteiger partial charge in [-0.2, -0.15) is 10.1 Å². The minimum atomic E-state index is -0.998. The first-order chi connectivity index (χ1) is 16.9. The monoisotopic (exact) mass is 494 g/mol. The Morgan fingerprint density at radius 3 is 2.69 bits per heavy atom. The highest BCUT2D eigenvalue weighted by molar-refractivity contribution is 6.30. The lowest BCUT2D eigenvalue weighted by Crippen LogP contribution is -2.30. The molecule has 0 bridgehead atoms. The fourth-order valence-electron chi connectivity index (χ4n) is 3.34. The molecule has 1 atom stereocenters. The maximum absolute atomic E-state index is 12.6. The topological polar surface area (TPSA) is 127 Å². The van der Waals surface area contributed by atoms with Gasteiger partial charge in [-0.15, -0.1) is 0 Å². The van der Waals surface area contributed by atoms with E-state index in [9.17, 15) is 14.7 Å². The number of aromatic amines is 1. The number of aliphatic hydroxyl groups is 1. The van der Waals surface area contributed by atoms with Gasteiger partial charge < -0.3 is 14.4 Å². The highest BCUT2D eigenvalue weighted by Gasteiger charge is 2.19. The van der Waals surface area contributed by atoms with Crippen LogP contribution >= 0.6 is 11.6 Å². The number of benzene rings is 2. The molecule has 3 N–H and O–H groups in total. The molecule has 4 aromatic rings. The quantitative estimate of drug-likeness (QED) is 0.242. The van der Waals surface area contributed by atoms with E-state index in [-0.39, 0.29) is 30.3 Å². The molecule has 0 aliphatic rings. The average Bonchev–Trinajstić information content (AvgIpc) is 3.21. The molecule has 35 heavy (non-hydrogen) atoms. The van der Waals surface area contributed by atoms with Gasteiger partial charge in [-0.3, -0.25) is 14.3 Å². The first-order valence-electron chi connectivity index (χ1n) is 10.7. The van der Waals surface area contributed by atoms with Crippen molar-refractivity contribution in [1.82, 2.24) is 19.1 Å². The van der Waals surface area contributed by atoms with Gasteiger partial charge in [0.05, 0.1) is 6.54 Å². The predicted octanol–water partition coefficient (Wildman–Crippen LogP) is 2.63. The third-order valence-electron chi connectivity index (χ3n) is 5.07. The first kappa shape index (κ1) is 24.0. The van der Waals surface area contributed by atoms with Crippen LogP contribution in [-0.2, 0) is 13.6 Å². The van der Waals surface area contributed by atoms with E-state index in [0.29, 0.717) is 10.8 Å². The van der Waals surface area contributed by atoms with Crippen molar-refractivity contribution < 1.29 is 9.84 Å². The van der Waals surface area contributed by atoms with Crippen molar-refractivity contribution in [2.45, 2.75) is 12.6 Å². The number of aromatic nitrogens is 4. The Hall–Kier alpha value is -4.15. The molecule has 0 fully saturated rings. The molecular weight excluding hydrogens is 472 g/mol. The second-order valence-corrected chi connectivity index (χ2v) is 8.05. The van der Waals surface area contributed by atoms with Gasteiger partial charge in [-0.1, -0.05) is 48.0 Å². The molecule has 4 rings (SSSR count). The molecule has 10 nitrogen and oxygen atoms in total. The van der Waals surface area contributed by atoms with E-state index in [1.165, 1.54) is 22.4 Å². The number of rotatable bonds is 9. The van der Waals surface area contributed by atoms with Crippen LogP contribution in [0.2, 0.25) is 5.02 Å². The molecule has 0 saturated carbocycles. The number of nitrogens with one attached hydrogen (secondary N) is 2. The van der Waals surface area contributed by atoms with Crippen LogP contribution in [0.15, 0.2) is 75.4 Å². The maximum atomic E-state index is 12.6. The minimum Gasteiger partial charge on any atom is -0.491 e. The molecule has 1 unspecified atom stereocenters. The van der Waals surface area contributed by atoms with Crippen LogP contribution in [0.5, 0.6) is 5.75 Å². The number of imidazole rings is 1. The van der Waals surface area contributed by atoms with Crippen LogP contribution in [0.25, 0.3) is 17.2 Å². The molecule has 2 heterocycles. The number of aryl methyl sites for hydroxylation is 1. The van der Waals surface area contributed by atoms with E-state index >= 15 is 0 Å². The summed E-state index contributed by atoms with van der Waals surface area (Å²) in [6, 6.07) is 16.4. The van der Waals surface area contributed by atoms with Gasteiger partial charge in [0.1, 0.15) is 18.5 Å². The van der Waals surface area contributed by atoms with E-state index in [4.69, 9.17) is 16.3 Å².